The maximum atomic E-state index is 5.93. The van der Waals surface area contributed by atoms with E-state index in [1.54, 1.807) is 0 Å². The molecule has 2 nitrogen and oxygen atoms in total. The smallest absolute Gasteiger partial charge is 0.0461 e. The Labute approximate surface area is 120 Å². The van der Waals surface area contributed by atoms with E-state index in [-0.39, 0.29) is 0 Å². The molecule has 102 valence electrons. The molecular formula is C15H25BrN2. The highest BCUT2D eigenvalue weighted by Gasteiger charge is 2.10. The van der Waals surface area contributed by atoms with Crippen LogP contribution in [0.3, 0.4) is 0 Å². The molecule has 0 unspecified atom stereocenters. The van der Waals surface area contributed by atoms with E-state index in [9.17, 15) is 0 Å². The Morgan fingerprint density at radius 3 is 2.11 bits per heavy atom. The van der Waals surface area contributed by atoms with E-state index in [0.717, 1.165) is 29.8 Å². The summed E-state index contributed by atoms with van der Waals surface area (Å²) in [5, 5.41) is 0. The second kappa shape index (κ2) is 7.15. The van der Waals surface area contributed by atoms with Crippen LogP contribution in [0.15, 0.2) is 22.7 Å². The van der Waals surface area contributed by atoms with Crippen molar-refractivity contribution in [1.82, 2.24) is 4.90 Å². The largest absolute Gasteiger partial charge is 0.398 e. The second-order valence-corrected chi connectivity index (χ2v) is 6.69. The first-order valence-electron chi connectivity index (χ1n) is 6.64. The van der Waals surface area contributed by atoms with Crippen molar-refractivity contribution >= 4 is 21.6 Å². The van der Waals surface area contributed by atoms with Gasteiger partial charge < -0.3 is 5.73 Å². The molecule has 0 amide bonds. The lowest BCUT2D eigenvalue weighted by molar-refractivity contribution is 0.211. The summed E-state index contributed by atoms with van der Waals surface area (Å²) in [5.74, 6) is 1.38. The van der Waals surface area contributed by atoms with E-state index in [2.05, 4.69) is 60.7 Å². The van der Waals surface area contributed by atoms with Gasteiger partial charge in [0.25, 0.3) is 0 Å². The van der Waals surface area contributed by atoms with Crippen LogP contribution in [-0.2, 0) is 6.54 Å². The molecule has 0 heterocycles. The van der Waals surface area contributed by atoms with Crippen LogP contribution in [0.25, 0.3) is 0 Å². The first-order valence-corrected chi connectivity index (χ1v) is 7.44. The molecule has 0 saturated carbocycles. The summed E-state index contributed by atoms with van der Waals surface area (Å²) < 4.78 is 0.977. The molecule has 0 atom stereocenters. The van der Waals surface area contributed by atoms with Gasteiger partial charge in [-0.15, -0.1) is 0 Å². The summed E-state index contributed by atoms with van der Waals surface area (Å²) in [7, 11) is 0. The standard InChI is InChI=1S/C15H25BrN2/c1-11(2)8-18(9-12(3)4)10-13-5-6-14(16)15(17)7-13/h5-7,11-12H,8-10,17H2,1-4H3. The molecular weight excluding hydrogens is 288 g/mol. The first-order chi connectivity index (χ1) is 8.38. The fourth-order valence-corrected chi connectivity index (χ4v) is 2.43. The van der Waals surface area contributed by atoms with Crippen molar-refractivity contribution in [1.29, 1.82) is 0 Å². The summed E-state index contributed by atoms with van der Waals surface area (Å²) in [5.41, 5.74) is 8.04. The molecule has 0 spiro atoms. The Bertz CT molecular complexity index is 365. The molecule has 2 N–H and O–H groups in total. The van der Waals surface area contributed by atoms with Crippen LogP contribution in [0, 0.1) is 11.8 Å². The quantitative estimate of drug-likeness (QED) is 0.800. The van der Waals surface area contributed by atoms with E-state index < -0.39 is 0 Å². The lowest BCUT2D eigenvalue weighted by Crippen LogP contribution is -2.30. The van der Waals surface area contributed by atoms with Crippen LogP contribution in [0.2, 0.25) is 0 Å². The molecule has 1 aromatic carbocycles. The first kappa shape index (κ1) is 15.5. The summed E-state index contributed by atoms with van der Waals surface area (Å²) in [6, 6.07) is 6.25. The van der Waals surface area contributed by atoms with Gasteiger partial charge in [0.15, 0.2) is 0 Å². The number of hydrogen-bond donors (Lipinski definition) is 1. The lowest BCUT2D eigenvalue weighted by atomic mass is 10.1. The van der Waals surface area contributed by atoms with Crippen LogP contribution >= 0.6 is 15.9 Å². The molecule has 1 aromatic rings. The van der Waals surface area contributed by atoms with Crippen LogP contribution < -0.4 is 5.73 Å². The van der Waals surface area contributed by atoms with Gasteiger partial charge in [0.2, 0.25) is 0 Å². The van der Waals surface area contributed by atoms with Crippen molar-refractivity contribution < 1.29 is 0 Å². The van der Waals surface area contributed by atoms with Crippen molar-refractivity contribution in [3.05, 3.63) is 28.2 Å². The minimum absolute atomic E-state index is 0.691. The molecule has 18 heavy (non-hydrogen) atoms. The molecule has 0 aromatic heterocycles. The maximum absolute atomic E-state index is 5.93. The van der Waals surface area contributed by atoms with Crippen LogP contribution in [0.4, 0.5) is 5.69 Å². The number of benzene rings is 1. The Morgan fingerprint density at radius 1 is 1.11 bits per heavy atom. The van der Waals surface area contributed by atoms with Crippen molar-refractivity contribution in [2.45, 2.75) is 34.2 Å². The Morgan fingerprint density at radius 2 is 1.67 bits per heavy atom. The number of nitrogens with two attached hydrogens (primary N) is 1. The minimum Gasteiger partial charge on any atom is -0.398 e. The fraction of sp³-hybridized carbons (Fsp3) is 0.600. The summed E-state index contributed by atoms with van der Waals surface area (Å²) in [4.78, 5) is 2.51. The van der Waals surface area contributed by atoms with Gasteiger partial charge in [-0.05, 0) is 45.5 Å². The maximum Gasteiger partial charge on any atom is 0.0461 e. The zero-order valence-electron chi connectivity index (χ0n) is 11.9. The van der Waals surface area contributed by atoms with Crippen LogP contribution in [0.5, 0.6) is 0 Å². The number of nitrogens with zero attached hydrogens (tertiary/aromatic N) is 1. The summed E-state index contributed by atoms with van der Waals surface area (Å²) in [6.45, 7) is 12.3. The molecule has 0 radical (unpaired) electrons. The molecule has 0 aliphatic rings. The van der Waals surface area contributed by atoms with Crippen molar-refractivity contribution in [3.63, 3.8) is 0 Å². The predicted octanol–water partition coefficient (Wildman–Crippen LogP) is 4.15. The summed E-state index contributed by atoms with van der Waals surface area (Å²) >= 11 is 3.44. The van der Waals surface area contributed by atoms with Crippen molar-refractivity contribution in [3.8, 4) is 0 Å². The van der Waals surface area contributed by atoms with Crippen molar-refractivity contribution in [2.24, 2.45) is 11.8 Å². The van der Waals surface area contributed by atoms with Gasteiger partial charge in [-0.1, -0.05) is 33.8 Å². The van der Waals surface area contributed by atoms with Gasteiger partial charge in [-0.3, -0.25) is 4.90 Å². The third kappa shape index (κ3) is 5.40. The van der Waals surface area contributed by atoms with E-state index in [1.807, 2.05) is 6.07 Å². The number of halogens is 1. The van der Waals surface area contributed by atoms with E-state index in [1.165, 1.54) is 5.56 Å². The van der Waals surface area contributed by atoms with Crippen molar-refractivity contribution in [2.75, 3.05) is 18.8 Å². The van der Waals surface area contributed by atoms with Gasteiger partial charge >= 0.3 is 0 Å². The lowest BCUT2D eigenvalue weighted by Gasteiger charge is -2.26. The Hall–Kier alpha value is -0.540. The number of rotatable bonds is 6. The highest BCUT2D eigenvalue weighted by atomic mass is 79.9. The third-order valence-electron chi connectivity index (χ3n) is 2.71. The minimum atomic E-state index is 0.691. The highest BCUT2D eigenvalue weighted by molar-refractivity contribution is 9.10. The zero-order valence-corrected chi connectivity index (χ0v) is 13.5. The van der Waals surface area contributed by atoms with Crippen LogP contribution in [-0.4, -0.2) is 18.0 Å². The summed E-state index contributed by atoms with van der Waals surface area (Å²) in [6.07, 6.45) is 0. The van der Waals surface area contributed by atoms with E-state index in [4.69, 9.17) is 5.73 Å². The number of hydrogen-bond acceptors (Lipinski definition) is 2. The topological polar surface area (TPSA) is 29.3 Å². The SMILES string of the molecule is CC(C)CN(Cc1ccc(Br)c(N)c1)CC(C)C. The van der Waals surface area contributed by atoms with Gasteiger partial charge in [0, 0.05) is 29.8 Å². The number of anilines is 1. The number of nitrogen functional groups attached to an aromatic ring is 1. The van der Waals surface area contributed by atoms with Gasteiger partial charge in [-0.2, -0.15) is 0 Å². The van der Waals surface area contributed by atoms with Gasteiger partial charge in [-0.25, -0.2) is 0 Å². The zero-order chi connectivity index (χ0) is 13.7. The Balaban J connectivity index is 2.71. The van der Waals surface area contributed by atoms with E-state index in [0.29, 0.717) is 11.8 Å². The third-order valence-corrected chi connectivity index (χ3v) is 3.44. The van der Waals surface area contributed by atoms with Gasteiger partial charge in [0.1, 0.15) is 0 Å². The molecule has 0 aliphatic heterocycles. The molecule has 1 rings (SSSR count). The molecule has 0 saturated heterocycles. The average molecular weight is 313 g/mol. The molecule has 0 fully saturated rings. The van der Waals surface area contributed by atoms with E-state index >= 15 is 0 Å². The normalized spacial score (nSPS) is 11.8. The predicted molar refractivity (Wildman–Crippen MR) is 83.5 cm³/mol. The Kier molecular flexibility index (Phi) is 6.16. The van der Waals surface area contributed by atoms with Gasteiger partial charge in [0.05, 0.1) is 0 Å². The fourth-order valence-electron chi connectivity index (χ4n) is 2.19. The van der Waals surface area contributed by atoms with Crippen LogP contribution in [0.1, 0.15) is 33.3 Å². The molecule has 3 heteroatoms. The molecule has 0 bridgehead atoms. The second-order valence-electron chi connectivity index (χ2n) is 5.84. The monoisotopic (exact) mass is 312 g/mol. The highest BCUT2D eigenvalue weighted by Crippen LogP contribution is 2.21. The molecule has 0 aliphatic carbocycles. The average Bonchev–Trinajstić information content (AvgIpc) is 2.21.